The molecule has 1 unspecified atom stereocenters. The number of imidazole rings is 1. The van der Waals surface area contributed by atoms with Crippen molar-refractivity contribution < 1.29 is 5.11 Å². The van der Waals surface area contributed by atoms with Gasteiger partial charge in [0, 0.05) is 19.0 Å². The summed E-state index contributed by atoms with van der Waals surface area (Å²) in [4.78, 5) is 19.7. The molecule has 0 aliphatic carbocycles. The summed E-state index contributed by atoms with van der Waals surface area (Å²) in [5, 5.41) is 12.5. The zero-order valence-electron chi connectivity index (χ0n) is 11.4. The van der Waals surface area contributed by atoms with E-state index in [1.165, 1.54) is 6.33 Å². The SMILES string of the molecule is OCCCC(Nc1ncnc2nc[nH]c12)c1cccnc1. The van der Waals surface area contributed by atoms with Crippen molar-refractivity contribution in [2.45, 2.75) is 18.9 Å². The third-order valence-corrected chi connectivity index (χ3v) is 3.27. The van der Waals surface area contributed by atoms with E-state index in [4.69, 9.17) is 5.11 Å². The molecule has 3 aromatic heterocycles. The third-order valence-electron chi connectivity index (χ3n) is 3.27. The van der Waals surface area contributed by atoms with Crippen LogP contribution in [0.2, 0.25) is 0 Å². The average molecular weight is 284 g/mol. The summed E-state index contributed by atoms with van der Waals surface area (Å²) in [5.74, 6) is 0.698. The number of pyridine rings is 1. The molecular weight excluding hydrogens is 268 g/mol. The van der Waals surface area contributed by atoms with E-state index >= 15 is 0 Å². The Morgan fingerprint density at radius 1 is 1.29 bits per heavy atom. The maximum atomic E-state index is 9.08. The number of hydrogen-bond donors (Lipinski definition) is 3. The van der Waals surface area contributed by atoms with Crippen molar-refractivity contribution in [3.8, 4) is 0 Å². The largest absolute Gasteiger partial charge is 0.396 e. The minimum Gasteiger partial charge on any atom is -0.396 e. The highest BCUT2D eigenvalue weighted by Gasteiger charge is 2.14. The van der Waals surface area contributed by atoms with Crippen molar-refractivity contribution in [2.75, 3.05) is 11.9 Å². The van der Waals surface area contributed by atoms with Crippen molar-refractivity contribution >= 4 is 17.0 Å². The number of rotatable bonds is 6. The van der Waals surface area contributed by atoms with Crippen LogP contribution in [0.25, 0.3) is 11.2 Å². The number of fused-ring (bicyclic) bond motifs is 1. The van der Waals surface area contributed by atoms with Crippen LogP contribution in [-0.4, -0.2) is 36.6 Å². The number of aliphatic hydroxyl groups excluding tert-OH is 1. The second-order valence-corrected chi connectivity index (χ2v) is 4.67. The van der Waals surface area contributed by atoms with Gasteiger partial charge in [0.25, 0.3) is 0 Å². The third kappa shape index (κ3) is 2.97. The maximum absolute atomic E-state index is 9.08. The molecule has 3 N–H and O–H groups in total. The van der Waals surface area contributed by atoms with Crippen molar-refractivity contribution in [1.82, 2.24) is 24.9 Å². The molecule has 0 aromatic carbocycles. The van der Waals surface area contributed by atoms with Crippen LogP contribution in [0.4, 0.5) is 5.82 Å². The van der Waals surface area contributed by atoms with Crippen LogP contribution < -0.4 is 5.32 Å². The fourth-order valence-electron chi connectivity index (χ4n) is 2.24. The molecule has 0 bridgehead atoms. The first-order valence-electron chi connectivity index (χ1n) is 6.80. The quantitative estimate of drug-likeness (QED) is 0.636. The molecule has 3 heterocycles. The smallest absolute Gasteiger partial charge is 0.182 e. The number of H-pyrrole nitrogens is 1. The summed E-state index contributed by atoms with van der Waals surface area (Å²) in [5.41, 5.74) is 2.45. The van der Waals surface area contributed by atoms with Crippen molar-refractivity contribution in [2.24, 2.45) is 0 Å². The van der Waals surface area contributed by atoms with Gasteiger partial charge in [-0.15, -0.1) is 0 Å². The first-order chi connectivity index (χ1) is 10.4. The first kappa shape index (κ1) is 13.4. The summed E-state index contributed by atoms with van der Waals surface area (Å²) < 4.78 is 0. The molecule has 7 nitrogen and oxygen atoms in total. The molecule has 0 spiro atoms. The lowest BCUT2D eigenvalue weighted by atomic mass is 10.0. The molecule has 0 amide bonds. The van der Waals surface area contributed by atoms with Crippen LogP contribution in [0.1, 0.15) is 24.4 Å². The van der Waals surface area contributed by atoms with Crippen LogP contribution in [0.5, 0.6) is 0 Å². The Morgan fingerprint density at radius 2 is 2.24 bits per heavy atom. The molecule has 0 aliphatic rings. The van der Waals surface area contributed by atoms with Gasteiger partial charge in [-0.2, -0.15) is 0 Å². The van der Waals surface area contributed by atoms with Crippen LogP contribution in [0, 0.1) is 0 Å². The molecule has 21 heavy (non-hydrogen) atoms. The standard InChI is InChI=1S/C14H16N6O/c21-6-2-4-11(10-3-1-5-15-7-10)20-14-12-13(17-8-16-12)18-9-19-14/h1,3,5,7-9,11,21H,2,4,6H2,(H2,16,17,18,19,20). The molecule has 0 saturated heterocycles. The number of aliphatic hydroxyl groups is 1. The Balaban J connectivity index is 1.89. The van der Waals surface area contributed by atoms with Gasteiger partial charge in [0.2, 0.25) is 0 Å². The first-order valence-corrected chi connectivity index (χ1v) is 6.80. The Kier molecular flexibility index (Phi) is 4.02. The van der Waals surface area contributed by atoms with Gasteiger partial charge in [0.1, 0.15) is 11.8 Å². The monoisotopic (exact) mass is 284 g/mol. The van der Waals surface area contributed by atoms with E-state index in [-0.39, 0.29) is 12.6 Å². The minimum atomic E-state index is 0.0206. The van der Waals surface area contributed by atoms with Gasteiger partial charge in [-0.25, -0.2) is 15.0 Å². The van der Waals surface area contributed by atoms with E-state index in [0.717, 1.165) is 17.5 Å². The van der Waals surface area contributed by atoms with E-state index in [0.29, 0.717) is 17.9 Å². The second kappa shape index (κ2) is 6.27. The highest BCUT2D eigenvalue weighted by molar-refractivity contribution is 5.82. The van der Waals surface area contributed by atoms with Gasteiger partial charge < -0.3 is 15.4 Å². The Labute approximate surface area is 121 Å². The molecule has 0 saturated carbocycles. The van der Waals surface area contributed by atoms with Crippen molar-refractivity contribution in [1.29, 1.82) is 0 Å². The molecule has 3 rings (SSSR count). The predicted octanol–water partition coefficient (Wildman–Crippen LogP) is 1.67. The van der Waals surface area contributed by atoms with E-state index < -0.39 is 0 Å². The topological polar surface area (TPSA) is 99.6 Å². The molecule has 0 aliphatic heterocycles. The fraction of sp³-hybridized carbons (Fsp3) is 0.286. The van der Waals surface area contributed by atoms with E-state index in [1.807, 2.05) is 18.3 Å². The lowest BCUT2D eigenvalue weighted by Crippen LogP contribution is -2.13. The lowest BCUT2D eigenvalue weighted by molar-refractivity contribution is 0.281. The van der Waals surface area contributed by atoms with Crippen LogP contribution >= 0.6 is 0 Å². The van der Waals surface area contributed by atoms with Gasteiger partial charge >= 0.3 is 0 Å². The van der Waals surface area contributed by atoms with E-state index in [9.17, 15) is 0 Å². The Hall–Kier alpha value is -2.54. The lowest BCUT2D eigenvalue weighted by Gasteiger charge is -2.19. The van der Waals surface area contributed by atoms with Crippen LogP contribution in [0.15, 0.2) is 37.2 Å². The molecule has 1 atom stereocenters. The highest BCUT2D eigenvalue weighted by atomic mass is 16.2. The van der Waals surface area contributed by atoms with Gasteiger partial charge in [-0.05, 0) is 24.5 Å². The zero-order chi connectivity index (χ0) is 14.5. The highest BCUT2D eigenvalue weighted by Crippen LogP contribution is 2.25. The van der Waals surface area contributed by atoms with Gasteiger partial charge in [-0.3, -0.25) is 4.98 Å². The van der Waals surface area contributed by atoms with Gasteiger partial charge in [-0.1, -0.05) is 6.07 Å². The Bertz CT molecular complexity index is 699. The number of nitrogens with one attached hydrogen (secondary N) is 2. The number of aromatic amines is 1. The summed E-state index contributed by atoms with van der Waals surface area (Å²) >= 11 is 0. The molecule has 7 heteroatoms. The Morgan fingerprint density at radius 3 is 3.05 bits per heavy atom. The maximum Gasteiger partial charge on any atom is 0.182 e. The van der Waals surface area contributed by atoms with Crippen molar-refractivity contribution in [3.63, 3.8) is 0 Å². The number of aromatic nitrogens is 5. The zero-order valence-corrected chi connectivity index (χ0v) is 11.4. The molecular formula is C14H16N6O. The number of hydrogen-bond acceptors (Lipinski definition) is 6. The van der Waals surface area contributed by atoms with E-state index in [2.05, 4.69) is 30.2 Å². The second-order valence-electron chi connectivity index (χ2n) is 4.67. The number of anilines is 1. The van der Waals surface area contributed by atoms with Crippen molar-refractivity contribution in [3.05, 3.63) is 42.7 Å². The summed E-state index contributed by atoms with van der Waals surface area (Å²) in [6.07, 6.45) is 8.12. The molecule has 3 aromatic rings. The van der Waals surface area contributed by atoms with Crippen LogP contribution in [-0.2, 0) is 0 Å². The summed E-state index contributed by atoms with van der Waals surface area (Å²) in [6.45, 7) is 0.154. The van der Waals surface area contributed by atoms with Crippen LogP contribution in [0.3, 0.4) is 0 Å². The summed E-state index contributed by atoms with van der Waals surface area (Å²) in [7, 11) is 0. The number of nitrogens with zero attached hydrogens (tertiary/aromatic N) is 4. The van der Waals surface area contributed by atoms with Gasteiger partial charge in [0.05, 0.1) is 12.4 Å². The fourth-order valence-corrected chi connectivity index (χ4v) is 2.24. The minimum absolute atomic E-state index is 0.0206. The van der Waals surface area contributed by atoms with E-state index in [1.54, 1.807) is 12.5 Å². The van der Waals surface area contributed by atoms with Gasteiger partial charge in [0.15, 0.2) is 11.5 Å². The molecule has 108 valence electrons. The molecule has 0 radical (unpaired) electrons. The predicted molar refractivity (Wildman–Crippen MR) is 78.6 cm³/mol. The normalized spacial score (nSPS) is 12.4. The summed E-state index contributed by atoms with van der Waals surface area (Å²) in [6, 6.07) is 3.93. The molecule has 0 fully saturated rings. The average Bonchev–Trinajstić information content (AvgIpc) is 3.01.